The number of furan rings is 1. The Kier molecular flexibility index (Phi) is 4.46. The van der Waals surface area contributed by atoms with Gasteiger partial charge < -0.3 is 29.6 Å². The molecule has 4 rings (SSSR count). The van der Waals surface area contributed by atoms with Crippen molar-refractivity contribution in [3.05, 3.63) is 35.8 Å². The number of fused-ring (bicyclic) bond motifs is 2. The maximum Gasteiger partial charge on any atom is 0.313 e. The summed E-state index contributed by atoms with van der Waals surface area (Å²) in [6, 6.07) is 1.74. The van der Waals surface area contributed by atoms with Gasteiger partial charge in [-0.1, -0.05) is 13.0 Å². The Balaban J connectivity index is 1.85. The minimum Gasteiger partial charge on any atom is -0.472 e. The van der Waals surface area contributed by atoms with Crippen LogP contribution in [0.1, 0.15) is 37.9 Å². The van der Waals surface area contributed by atoms with Crippen LogP contribution in [0, 0.1) is 22.7 Å². The van der Waals surface area contributed by atoms with Gasteiger partial charge in [0.1, 0.15) is 6.10 Å². The second kappa shape index (κ2) is 6.44. The van der Waals surface area contributed by atoms with E-state index in [0.717, 1.165) is 5.56 Å². The van der Waals surface area contributed by atoms with Gasteiger partial charge in [0.25, 0.3) is 0 Å². The molecule has 2 heterocycles. The molecule has 4 N–H and O–H groups in total. The third-order valence-electron chi connectivity index (χ3n) is 7.36. The molecule has 1 saturated heterocycles. The van der Waals surface area contributed by atoms with Gasteiger partial charge in [-0.05, 0) is 30.4 Å². The predicted octanol–water partition coefficient (Wildman–Crippen LogP) is 0.933. The summed E-state index contributed by atoms with van der Waals surface area (Å²) in [6.07, 6.45) is 3.39. The van der Waals surface area contributed by atoms with Crippen LogP contribution in [-0.2, 0) is 9.53 Å². The average Bonchev–Trinajstić information content (AvgIpc) is 3.33. The number of carbonyl (C=O) groups excluding carboxylic acids is 1. The lowest BCUT2D eigenvalue weighted by Crippen LogP contribution is -2.67. The van der Waals surface area contributed by atoms with Crippen molar-refractivity contribution in [3.8, 4) is 0 Å². The van der Waals surface area contributed by atoms with Crippen LogP contribution in [0.2, 0.25) is 0 Å². The quantitative estimate of drug-likeness (QED) is 0.456. The van der Waals surface area contributed by atoms with E-state index in [4.69, 9.17) is 9.15 Å². The Bertz CT molecular complexity index is 742. The monoisotopic (exact) mass is 378 g/mol. The zero-order valence-corrected chi connectivity index (χ0v) is 15.2. The number of aliphatic hydroxyl groups is 4. The summed E-state index contributed by atoms with van der Waals surface area (Å²) in [6.45, 7) is 0.955. The number of hydrogen-bond acceptors (Lipinski definition) is 7. The van der Waals surface area contributed by atoms with Crippen LogP contribution in [-0.4, -0.2) is 51.8 Å². The fourth-order valence-corrected chi connectivity index (χ4v) is 5.90. The van der Waals surface area contributed by atoms with Crippen LogP contribution >= 0.6 is 0 Å². The van der Waals surface area contributed by atoms with E-state index < -0.39 is 53.6 Å². The normalized spacial score (nSPS) is 44.1. The molecule has 148 valence electrons. The number of esters is 1. The first-order chi connectivity index (χ1) is 12.9. The summed E-state index contributed by atoms with van der Waals surface area (Å²) in [4.78, 5) is 13.2. The number of cyclic esters (lactones) is 1. The van der Waals surface area contributed by atoms with Gasteiger partial charge in [0, 0.05) is 23.3 Å². The van der Waals surface area contributed by atoms with Crippen molar-refractivity contribution in [1.82, 2.24) is 0 Å². The number of aliphatic hydroxyl groups excluding tert-OH is 4. The van der Waals surface area contributed by atoms with E-state index in [2.05, 4.69) is 0 Å². The first-order valence-electron chi connectivity index (χ1n) is 9.44. The molecule has 3 aliphatic rings. The molecule has 7 unspecified atom stereocenters. The fourth-order valence-electron chi connectivity index (χ4n) is 5.90. The SMILES string of the molecule is CC1C(O)C(O)C2(CO)C(CO)=CCCC2C12CC(c1ccoc1)OC2=O. The number of hydrogen-bond donors (Lipinski definition) is 4. The van der Waals surface area contributed by atoms with E-state index in [1.807, 2.05) is 0 Å². The Morgan fingerprint density at radius 3 is 2.70 bits per heavy atom. The molecule has 0 aromatic carbocycles. The van der Waals surface area contributed by atoms with E-state index in [1.54, 1.807) is 19.1 Å². The minimum absolute atomic E-state index is 0.335. The van der Waals surface area contributed by atoms with Crippen molar-refractivity contribution in [3.63, 3.8) is 0 Å². The molecule has 7 heteroatoms. The third kappa shape index (κ3) is 2.26. The van der Waals surface area contributed by atoms with Crippen molar-refractivity contribution in [2.45, 2.75) is 44.5 Å². The summed E-state index contributed by atoms with van der Waals surface area (Å²) >= 11 is 0. The van der Waals surface area contributed by atoms with Gasteiger partial charge in [0.2, 0.25) is 0 Å². The van der Waals surface area contributed by atoms with Crippen LogP contribution < -0.4 is 0 Å². The maximum absolute atomic E-state index is 13.2. The van der Waals surface area contributed by atoms with Gasteiger partial charge in [-0.15, -0.1) is 0 Å². The van der Waals surface area contributed by atoms with Crippen molar-refractivity contribution in [2.24, 2.45) is 22.7 Å². The molecule has 1 spiro atoms. The van der Waals surface area contributed by atoms with Crippen LogP contribution in [0.5, 0.6) is 0 Å². The number of rotatable bonds is 3. The summed E-state index contributed by atoms with van der Waals surface area (Å²) in [5, 5.41) is 42.0. The minimum atomic E-state index is -1.27. The van der Waals surface area contributed by atoms with Crippen molar-refractivity contribution in [1.29, 1.82) is 0 Å². The standard InChI is InChI=1S/C20H26O7/c1-11-16(23)17(24)20(10-22)13(8-21)3-2-4-15(20)19(11)7-14(27-18(19)25)12-5-6-26-9-12/h3,5-6,9,11,14-17,21-24H,2,4,7-8,10H2,1H3. The smallest absolute Gasteiger partial charge is 0.313 e. The van der Waals surface area contributed by atoms with Gasteiger partial charge in [-0.2, -0.15) is 0 Å². The van der Waals surface area contributed by atoms with Crippen LogP contribution in [0.15, 0.2) is 34.7 Å². The van der Waals surface area contributed by atoms with Crippen LogP contribution in [0.25, 0.3) is 0 Å². The molecule has 0 radical (unpaired) electrons. The van der Waals surface area contributed by atoms with E-state index >= 15 is 0 Å². The van der Waals surface area contributed by atoms with E-state index in [1.165, 1.54) is 12.5 Å². The Morgan fingerprint density at radius 1 is 1.30 bits per heavy atom. The lowest BCUT2D eigenvalue weighted by Gasteiger charge is -2.60. The molecule has 0 bridgehead atoms. The van der Waals surface area contributed by atoms with Gasteiger partial charge >= 0.3 is 5.97 Å². The average molecular weight is 378 g/mol. The fraction of sp³-hybridized carbons (Fsp3) is 0.650. The Hall–Kier alpha value is -1.67. The number of allylic oxidation sites excluding steroid dienone is 1. The van der Waals surface area contributed by atoms with Crippen molar-refractivity contribution < 1.29 is 34.4 Å². The molecule has 2 aliphatic carbocycles. The largest absolute Gasteiger partial charge is 0.472 e. The van der Waals surface area contributed by atoms with Crippen molar-refractivity contribution >= 4 is 5.97 Å². The van der Waals surface area contributed by atoms with Crippen LogP contribution in [0.4, 0.5) is 0 Å². The van der Waals surface area contributed by atoms with Crippen molar-refractivity contribution in [2.75, 3.05) is 13.2 Å². The molecule has 7 nitrogen and oxygen atoms in total. The highest BCUT2D eigenvalue weighted by molar-refractivity contribution is 5.81. The molecular weight excluding hydrogens is 352 g/mol. The molecule has 1 aromatic heterocycles. The first-order valence-corrected chi connectivity index (χ1v) is 9.44. The molecular formula is C20H26O7. The lowest BCUT2D eigenvalue weighted by atomic mass is 9.44. The second-order valence-electron chi connectivity index (χ2n) is 8.14. The summed E-state index contributed by atoms with van der Waals surface area (Å²) < 4.78 is 10.8. The summed E-state index contributed by atoms with van der Waals surface area (Å²) in [5.41, 5.74) is -1.09. The van der Waals surface area contributed by atoms with Gasteiger partial charge in [-0.3, -0.25) is 4.79 Å². The Labute approximate surface area is 157 Å². The van der Waals surface area contributed by atoms with E-state index in [9.17, 15) is 25.2 Å². The molecule has 0 amide bonds. The molecule has 27 heavy (non-hydrogen) atoms. The predicted molar refractivity (Wildman–Crippen MR) is 93.2 cm³/mol. The molecule has 2 fully saturated rings. The third-order valence-corrected chi connectivity index (χ3v) is 7.36. The van der Waals surface area contributed by atoms with Gasteiger partial charge in [0.05, 0.1) is 43.4 Å². The van der Waals surface area contributed by atoms with E-state index in [-0.39, 0.29) is 6.61 Å². The second-order valence-corrected chi connectivity index (χ2v) is 8.14. The zero-order valence-electron chi connectivity index (χ0n) is 15.2. The summed E-state index contributed by atoms with van der Waals surface area (Å²) in [7, 11) is 0. The Morgan fingerprint density at radius 2 is 2.07 bits per heavy atom. The number of carbonyl (C=O) groups is 1. The topological polar surface area (TPSA) is 120 Å². The highest BCUT2D eigenvalue weighted by Gasteiger charge is 2.71. The highest BCUT2D eigenvalue weighted by atomic mass is 16.6. The first kappa shape index (κ1) is 18.7. The zero-order chi connectivity index (χ0) is 19.4. The number of ether oxygens (including phenoxy) is 1. The maximum atomic E-state index is 13.2. The van der Waals surface area contributed by atoms with Gasteiger partial charge in [0.15, 0.2) is 0 Å². The molecule has 1 aliphatic heterocycles. The van der Waals surface area contributed by atoms with E-state index in [0.29, 0.717) is 24.8 Å². The van der Waals surface area contributed by atoms with Gasteiger partial charge in [-0.25, -0.2) is 0 Å². The molecule has 7 atom stereocenters. The summed E-state index contributed by atoms with van der Waals surface area (Å²) in [5.74, 6) is -1.42. The molecule has 1 aromatic rings. The lowest BCUT2D eigenvalue weighted by molar-refractivity contribution is -0.213. The highest BCUT2D eigenvalue weighted by Crippen LogP contribution is 2.65. The molecule has 1 saturated carbocycles. The van der Waals surface area contributed by atoms with Crippen LogP contribution in [0.3, 0.4) is 0 Å².